The summed E-state index contributed by atoms with van der Waals surface area (Å²) in [4.78, 5) is 9.35. The molecule has 0 aliphatic heterocycles. The van der Waals surface area contributed by atoms with E-state index in [1.807, 2.05) is 39.6 Å². The molecule has 0 saturated carbocycles. The van der Waals surface area contributed by atoms with Crippen molar-refractivity contribution in [2.75, 3.05) is 0 Å². The van der Waals surface area contributed by atoms with Crippen LogP contribution < -0.4 is 9.30 Å². The molecule has 4 aromatic heterocycles. The van der Waals surface area contributed by atoms with Crippen LogP contribution >= 0.6 is 0 Å². The fourth-order valence-electron chi connectivity index (χ4n) is 6.78. The maximum absolute atomic E-state index is 9.04. The molecule has 8 aromatic rings. The number of fused-ring (bicyclic) bond motifs is 4. The summed E-state index contributed by atoms with van der Waals surface area (Å²) >= 11 is 0. The predicted octanol–water partition coefficient (Wildman–Crippen LogP) is 10.2. The Labute approximate surface area is 315 Å². The van der Waals surface area contributed by atoms with E-state index in [-0.39, 0.29) is 26.5 Å². The van der Waals surface area contributed by atoms with Crippen LogP contribution in [0.25, 0.3) is 50.0 Å². The van der Waals surface area contributed by atoms with Gasteiger partial charge in [0.15, 0.2) is 0 Å². The van der Waals surface area contributed by atoms with Gasteiger partial charge in [0, 0.05) is 45.6 Å². The number of benzene rings is 4. The first-order valence-electron chi connectivity index (χ1n) is 17.7. The molecule has 0 unspecified atom stereocenters. The molecule has 0 atom stereocenters. The monoisotopic (exact) mass is 849 g/mol. The molecule has 0 saturated heterocycles. The standard InChI is InChI=1S/C44H39N5O.Pt/c1-6-30(7-2)31-13-12-14-33(23-31)47-29-48(41-18-11-10-17-40(41)47)34-25-36(28-45-27-34)50-35-19-20-38-37-15-8-9-16-39(37)49(42(38)26-35)43-24-32(21-22-46-43)44(3,4)5;/h8-24,27-28,30H,6-7H2,1-5H3;/q-2;/i30D;. The molecule has 0 spiro atoms. The van der Waals surface area contributed by atoms with E-state index in [1.165, 1.54) is 5.56 Å². The van der Waals surface area contributed by atoms with Crippen molar-refractivity contribution in [2.24, 2.45) is 0 Å². The molecule has 0 fully saturated rings. The molecule has 0 aliphatic rings. The second kappa shape index (κ2) is 13.9. The summed E-state index contributed by atoms with van der Waals surface area (Å²) in [6.45, 7) is 10.8. The van der Waals surface area contributed by atoms with E-state index in [1.54, 1.807) is 12.4 Å². The molecule has 258 valence electrons. The van der Waals surface area contributed by atoms with Gasteiger partial charge in [-0.3, -0.25) is 4.57 Å². The van der Waals surface area contributed by atoms with Gasteiger partial charge in [0.1, 0.15) is 5.82 Å². The van der Waals surface area contributed by atoms with Crippen molar-refractivity contribution >= 4 is 32.8 Å². The van der Waals surface area contributed by atoms with Gasteiger partial charge >= 0.3 is 0 Å². The number of para-hydroxylation sites is 3. The van der Waals surface area contributed by atoms with Crippen LogP contribution in [0.2, 0.25) is 0 Å². The van der Waals surface area contributed by atoms with Crippen LogP contribution in [0.3, 0.4) is 0 Å². The smallest absolute Gasteiger partial charge is 0.268 e. The van der Waals surface area contributed by atoms with Crippen LogP contribution in [0.1, 0.15) is 65.9 Å². The largest absolute Gasteiger partial charge is 0.508 e. The zero-order valence-electron chi connectivity index (χ0n) is 30.3. The van der Waals surface area contributed by atoms with Crippen LogP contribution in [0.4, 0.5) is 0 Å². The topological polar surface area (TPSA) is 48.8 Å². The molecule has 4 heterocycles. The molecule has 8 rings (SSSR count). The molecule has 7 heteroatoms. The van der Waals surface area contributed by atoms with Gasteiger partial charge in [-0.15, -0.1) is 23.6 Å². The van der Waals surface area contributed by atoms with E-state index in [2.05, 4.69) is 135 Å². The average Bonchev–Trinajstić information content (AvgIpc) is 3.70. The number of nitrogens with zero attached hydrogens (tertiary/aromatic N) is 5. The Hall–Kier alpha value is -5.06. The Kier molecular flexibility index (Phi) is 9.04. The van der Waals surface area contributed by atoms with Crippen molar-refractivity contribution in [2.45, 2.75) is 58.8 Å². The minimum Gasteiger partial charge on any atom is -0.508 e. The Balaban J connectivity index is 0.00000420. The quantitative estimate of drug-likeness (QED) is 0.113. The first-order chi connectivity index (χ1) is 24.7. The summed E-state index contributed by atoms with van der Waals surface area (Å²) in [6.07, 6.45) is 10.3. The zero-order valence-corrected chi connectivity index (χ0v) is 31.6. The summed E-state index contributed by atoms with van der Waals surface area (Å²) in [6, 6.07) is 40.0. The molecule has 0 N–H and O–H groups in total. The van der Waals surface area contributed by atoms with Gasteiger partial charge in [-0.2, -0.15) is 6.07 Å². The fraction of sp³-hybridized carbons (Fsp3) is 0.205. The number of ether oxygens (including phenoxy) is 1. The summed E-state index contributed by atoms with van der Waals surface area (Å²) in [5, 5.41) is 2.19. The third kappa shape index (κ3) is 6.38. The molecular formula is C44H39N5OPt-2. The van der Waals surface area contributed by atoms with Crippen molar-refractivity contribution in [3.8, 4) is 28.7 Å². The van der Waals surface area contributed by atoms with E-state index in [0.29, 0.717) is 17.2 Å². The molecule has 51 heavy (non-hydrogen) atoms. The Morgan fingerprint density at radius 1 is 0.824 bits per heavy atom. The number of hydrogen-bond acceptors (Lipinski definition) is 3. The van der Waals surface area contributed by atoms with E-state index in [9.17, 15) is 0 Å². The average molecular weight is 850 g/mol. The molecule has 0 aliphatic carbocycles. The summed E-state index contributed by atoms with van der Waals surface area (Å²) < 4.78 is 21.6. The summed E-state index contributed by atoms with van der Waals surface area (Å²) in [5.41, 5.74) is 7.68. The maximum Gasteiger partial charge on any atom is 0.268 e. The fourth-order valence-corrected chi connectivity index (χ4v) is 6.78. The van der Waals surface area contributed by atoms with Gasteiger partial charge in [-0.25, -0.2) is 4.98 Å². The van der Waals surface area contributed by atoms with Crippen molar-refractivity contribution in [3.63, 3.8) is 0 Å². The second-order valence-electron chi connectivity index (χ2n) is 13.6. The molecular weight excluding hydrogens is 810 g/mol. The van der Waals surface area contributed by atoms with E-state index < -0.39 is 5.89 Å². The number of aromatic nitrogens is 5. The van der Waals surface area contributed by atoms with E-state index in [0.717, 1.165) is 62.7 Å². The number of hydrogen-bond donors (Lipinski definition) is 0. The van der Waals surface area contributed by atoms with Crippen molar-refractivity contribution < 1.29 is 31.7 Å². The normalized spacial score (nSPS) is 12.3. The minimum absolute atomic E-state index is 0. The first-order valence-corrected chi connectivity index (χ1v) is 17.2. The van der Waals surface area contributed by atoms with Crippen LogP contribution in [-0.4, -0.2) is 19.1 Å². The van der Waals surface area contributed by atoms with Gasteiger partial charge in [-0.05, 0) is 82.9 Å². The molecule has 4 aromatic carbocycles. The summed E-state index contributed by atoms with van der Waals surface area (Å²) in [5.74, 6) is 1.21. The predicted molar refractivity (Wildman–Crippen MR) is 200 cm³/mol. The van der Waals surface area contributed by atoms with Gasteiger partial charge in [0.2, 0.25) is 0 Å². The SMILES string of the molecule is [2H]C(CC)(CC)c1cccc(-[n+]2[c-]n(-c3[c-]c(Oc4[c-]c5c(cc4)c4ccccc4n5-c4cc(C(C)(C)C)ccn4)cnc3)c3ccccc32)c1.[Pt]. The minimum atomic E-state index is -0.639. The van der Waals surface area contributed by atoms with Crippen molar-refractivity contribution in [1.29, 1.82) is 0 Å². The van der Waals surface area contributed by atoms with Gasteiger partial charge in [0.25, 0.3) is 6.33 Å². The number of imidazole rings is 1. The third-order valence-electron chi connectivity index (χ3n) is 9.43. The third-order valence-corrected chi connectivity index (χ3v) is 9.43. The molecule has 0 radical (unpaired) electrons. The zero-order chi connectivity index (χ0) is 35.3. The Bertz CT molecular complexity index is 2560. The number of rotatable bonds is 8. The van der Waals surface area contributed by atoms with Crippen molar-refractivity contribution in [3.05, 3.63) is 145 Å². The second-order valence-corrected chi connectivity index (χ2v) is 13.6. The van der Waals surface area contributed by atoms with E-state index in [4.69, 9.17) is 11.1 Å². The van der Waals surface area contributed by atoms with Crippen molar-refractivity contribution in [1.82, 2.24) is 19.1 Å². The molecule has 0 amide bonds. The summed E-state index contributed by atoms with van der Waals surface area (Å²) in [7, 11) is 0. The van der Waals surface area contributed by atoms with E-state index >= 15 is 0 Å². The molecule has 0 bridgehead atoms. The van der Waals surface area contributed by atoms with Gasteiger partial charge in [0.05, 0.1) is 16.7 Å². The Morgan fingerprint density at radius 2 is 1.61 bits per heavy atom. The van der Waals surface area contributed by atoms with Crippen LogP contribution in [0, 0.1) is 18.5 Å². The van der Waals surface area contributed by atoms with Gasteiger partial charge < -0.3 is 18.9 Å². The van der Waals surface area contributed by atoms with Gasteiger partial charge in [-0.1, -0.05) is 101 Å². The number of pyridine rings is 2. The van der Waals surface area contributed by atoms with Crippen LogP contribution in [0.15, 0.2) is 116 Å². The van der Waals surface area contributed by atoms with Crippen LogP contribution in [-0.2, 0) is 26.5 Å². The first kappa shape index (κ1) is 33.1. The Morgan fingerprint density at radius 3 is 2.41 bits per heavy atom. The molecule has 6 nitrogen and oxygen atoms in total. The van der Waals surface area contributed by atoms with Crippen LogP contribution in [0.5, 0.6) is 11.5 Å². The maximum atomic E-state index is 9.04.